The normalized spacial score (nSPS) is 27.4. The summed E-state index contributed by atoms with van der Waals surface area (Å²) >= 11 is 0. The van der Waals surface area contributed by atoms with Crippen molar-refractivity contribution < 1.29 is 4.79 Å². The zero-order valence-corrected chi connectivity index (χ0v) is 10.5. The third-order valence-electron chi connectivity index (χ3n) is 3.67. The minimum absolute atomic E-state index is 0.00519. The molecule has 2 aliphatic rings. The Morgan fingerprint density at radius 3 is 2.41 bits per heavy atom. The molecule has 1 aromatic carbocycles. The number of rotatable bonds is 0. The molecule has 0 saturated heterocycles. The van der Waals surface area contributed by atoms with E-state index in [1.165, 1.54) is 11.1 Å². The number of hydrogen-bond acceptors (Lipinski definition) is 2. The fourth-order valence-electron chi connectivity index (χ4n) is 3.06. The molecule has 17 heavy (non-hydrogen) atoms. The zero-order valence-electron chi connectivity index (χ0n) is 10.5. The molecule has 0 unspecified atom stereocenters. The Bertz CT molecular complexity index is 510. The Hall–Kier alpha value is -1.41. The summed E-state index contributed by atoms with van der Waals surface area (Å²) in [5, 5.41) is 0. The maximum Gasteiger partial charge on any atom is 0.177 e. The summed E-state index contributed by atoms with van der Waals surface area (Å²) in [5.41, 5.74) is 2.46. The van der Waals surface area contributed by atoms with E-state index >= 15 is 0 Å². The van der Waals surface area contributed by atoms with Gasteiger partial charge in [-0.15, -0.1) is 0 Å². The lowest BCUT2D eigenvalue weighted by Gasteiger charge is -2.41. The van der Waals surface area contributed by atoms with Crippen molar-refractivity contribution >= 4 is 5.78 Å². The Morgan fingerprint density at radius 2 is 1.76 bits per heavy atom. The number of ketones is 1. The minimum atomic E-state index is -0.0822. The number of carbonyl (C=O) groups is 1. The molecule has 0 amide bonds. The lowest BCUT2D eigenvalue weighted by atomic mass is 9.96. The zero-order chi connectivity index (χ0) is 12.2. The summed E-state index contributed by atoms with van der Waals surface area (Å²) in [6, 6.07) is 8.48. The number of carbonyl (C=O) groups excluding carboxylic acids is 1. The molecule has 0 aliphatic carbocycles. The van der Waals surface area contributed by atoms with Gasteiger partial charge in [0, 0.05) is 5.54 Å². The fourth-order valence-corrected chi connectivity index (χ4v) is 3.06. The van der Waals surface area contributed by atoms with E-state index < -0.39 is 0 Å². The molecular weight excluding hydrogens is 210 g/mol. The average molecular weight is 227 g/mol. The smallest absolute Gasteiger partial charge is 0.177 e. The van der Waals surface area contributed by atoms with Crippen LogP contribution in [0.4, 0.5) is 0 Å². The highest BCUT2D eigenvalue weighted by Gasteiger charge is 2.47. The first-order valence-electron chi connectivity index (χ1n) is 6.09. The SMILES string of the molecule is CC(C)(C)N1[C@@H]2C(=O)C=C[C@H]1c1ccccc12. The standard InChI is InChI=1S/C15H17NO/c1-15(2,3)16-12-8-9-13(17)14(16)11-7-5-4-6-10(11)12/h4-9,12,14H,1-3H3/t12-,14-/m0/s1. The van der Waals surface area contributed by atoms with Crippen molar-refractivity contribution in [3.05, 3.63) is 47.5 Å². The molecule has 1 aromatic rings. The van der Waals surface area contributed by atoms with Crippen molar-refractivity contribution in [2.75, 3.05) is 0 Å². The van der Waals surface area contributed by atoms with E-state index in [9.17, 15) is 4.79 Å². The first-order chi connectivity index (χ1) is 8.00. The maximum absolute atomic E-state index is 12.1. The number of benzene rings is 1. The van der Waals surface area contributed by atoms with Crippen LogP contribution in [-0.4, -0.2) is 16.2 Å². The van der Waals surface area contributed by atoms with Crippen LogP contribution in [0.2, 0.25) is 0 Å². The summed E-state index contributed by atoms with van der Waals surface area (Å²) in [5.74, 6) is 0.209. The lowest BCUT2D eigenvalue weighted by molar-refractivity contribution is -0.123. The van der Waals surface area contributed by atoms with E-state index in [-0.39, 0.29) is 23.4 Å². The van der Waals surface area contributed by atoms with Gasteiger partial charge in [-0.05, 0) is 38.0 Å². The van der Waals surface area contributed by atoms with Gasteiger partial charge in [-0.2, -0.15) is 0 Å². The van der Waals surface area contributed by atoms with E-state index in [2.05, 4.69) is 43.9 Å². The summed E-state index contributed by atoms with van der Waals surface area (Å²) in [7, 11) is 0. The Kier molecular flexibility index (Phi) is 2.08. The van der Waals surface area contributed by atoms with Gasteiger partial charge in [-0.1, -0.05) is 30.3 Å². The third kappa shape index (κ3) is 1.40. The van der Waals surface area contributed by atoms with Gasteiger partial charge in [-0.25, -0.2) is 0 Å². The second-order valence-corrected chi connectivity index (χ2v) is 5.82. The number of hydrogen-bond donors (Lipinski definition) is 0. The summed E-state index contributed by atoms with van der Waals surface area (Å²) < 4.78 is 0. The van der Waals surface area contributed by atoms with Gasteiger partial charge in [0.1, 0.15) is 0 Å². The predicted octanol–water partition coefficient (Wildman–Crippen LogP) is 3.02. The largest absolute Gasteiger partial charge is 0.293 e. The van der Waals surface area contributed by atoms with Crippen LogP contribution in [0.15, 0.2) is 36.4 Å². The molecule has 0 N–H and O–H groups in total. The van der Waals surface area contributed by atoms with E-state index in [0.717, 1.165) is 0 Å². The van der Waals surface area contributed by atoms with Gasteiger partial charge < -0.3 is 0 Å². The van der Waals surface area contributed by atoms with Gasteiger partial charge in [-0.3, -0.25) is 9.69 Å². The molecule has 0 saturated carbocycles. The monoisotopic (exact) mass is 227 g/mol. The Morgan fingerprint density at radius 1 is 1.12 bits per heavy atom. The van der Waals surface area contributed by atoms with Crippen molar-refractivity contribution in [3.63, 3.8) is 0 Å². The first kappa shape index (κ1) is 10.7. The molecule has 2 atom stereocenters. The van der Waals surface area contributed by atoms with Gasteiger partial charge in [0.25, 0.3) is 0 Å². The van der Waals surface area contributed by atoms with Crippen LogP contribution < -0.4 is 0 Å². The van der Waals surface area contributed by atoms with Crippen LogP contribution >= 0.6 is 0 Å². The van der Waals surface area contributed by atoms with Gasteiger partial charge >= 0.3 is 0 Å². The van der Waals surface area contributed by atoms with Gasteiger partial charge in [0.15, 0.2) is 5.78 Å². The van der Waals surface area contributed by atoms with Crippen molar-refractivity contribution in [3.8, 4) is 0 Å². The quantitative estimate of drug-likeness (QED) is 0.679. The number of nitrogens with zero attached hydrogens (tertiary/aromatic N) is 1. The van der Waals surface area contributed by atoms with Crippen molar-refractivity contribution in [1.29, 1.82) is 0 Å². The second kappa shape index (κ2) is 3.30. The van der Waals surface area contributed by atoms with Crippen LogP contribution in [0.1, 0.15) is 44.0 Å². The van der Waals surface area contributed by atoms with Crippen molar-refractivity contribution in [2.24, 2.45) is 0 Å². The van der Waals surface area contributed by atoms with Crippen LogP contribution in [0.25, 0.3) is 0 Å². The Labute approximate surface area is 102 Å². The van der Waals surface area contributed by atoms with Crippen molar-refractivity contribution in [1.82, 2.24) is 4.90 Å². The molecule has 2 heterocycles. The average Bonchev–Trinajstić information content (AvgIpc) is 2.54. The van der Waals surface area contributed by atoms with E-state index in [4.69, 9.17) is 0 Å². The molecule has 0 spiro atoms. The highest BCUT2D eigenvalue weighted by molar-refractivity contribution is 5.97. The molecule has 2 aliphatic heterocycles. The van der Waals surface area contributed by atoms with E-state index in [1.807, 2.05) is 12.1 Å². The molecule has 2 heteroatoms. The fraction of sp³-hybridized carbons (Fsp3) is 0.400. The van der Waals surface area contributed by atoms with Crippen LogP contribution in [0.5, 0.6) is 0 Å². The molecule has 0 fully saturated rings. The second-order valence-electron chi connectivity index (χ2n) is 5.82. The summed E-state index contributed by atoms with van der Waals surface area (Å²) in [4.78, 5) is 14.5. The predicted molar refractivity (Wildman–Crippen MR) is 67.7 cm³/mol. The van der Waals surface area contributed by atoms with Crippen molar-refractivity contribution in [2.45, 2.75) is 38.4 Å². The minimum Gasteiger partial charge on any atom is -0.293 e. The molecule has 2 bridgehead atoms. The Balaban J connectivity index is 2.21. The molecule has 0 aromatic heterocycles. The molecule has 2 nitrogen and oxygen atoms in total. The topological polar surface area (TPSA) is 20.3 Å². The first-order valence-corrected chi connectivity index (χ1v) is 6.09. The molecular formula is C15H17NO. The van der Waals surface area contributed by atoms with Crippen LogP contribution in [0.3, 0.4) is 0 Å². The summed E-state index contributed by atoms with van der Waals surface area (Å²) in [6.07, 6.45) is 3.79. The molecule has 88 valence electrons. The highest BCUT2D eigenvalue weighted by Crippen LogP contribution is 2.49. The number of fused-ring (bicyclic) bond motifs is 5. The lowest BCUT2D eigenvalue weighted by Crippen LogP contribution is -2.45. The van der Waals surface area contributed by atoms with E-state index in [0.29, 0.717) is 0 Å². The molecule has 3 rings (SSSR count). The van der Waals surface area contributed by atoms with Gasteiger partial charge in [0.2, 0.25) is 0 Å². The highest BCUT2D eigenvalue weighted by atomic mass is 16.1. The van der Waals surface area contributed by atoms with E-state index in [1.54, 1.807) is 6.08 Å². The summed E-state index contributed by atoms with van der Waals surface area (Å²) in [6.45, 7) is 6.52. The van der Waals surface area contributed by atoms with Crippen LogP contribution in [-0.2, 0) is 4.79 Å². The van der Waals surface area contributed by atoms with Gasteiger partial charge in [0.05, 0.1) is 12.1 Å². The molecule has 0 radical (unpaired) electrons. The maximum atomic E-state index is 12.1. The van der Waals surface area contributed by atoms with Crippen LogP contribution in [0, 0.1) is 0 Å². The third-order valence-corrected chi connectivity index (χ3v) is 3.67.